The molecule has 0 radical (unpaired) electrons. The number of aryl methyl sites for hydroxylation is 2. The summed E-state index contributed by atoms with van der Waals surface area (Å²) >= 11 is 0. The van der Waals surface area contributed by atoms with E-state index in [-0.39, 0.29) is 30.4 Å². The lowest BCUT2D eigenvalue weighted by atomic mass is 10.0. The molecule has 1 amide bonds. The van der Waals surface area contributed by atoms with Crippen molar-refractivity contribution in [3.05, 3.63) is 57.5 Å². The van der Waals surface area contributed by atoms with Gasteiger partial charge in [-0.2, -0.15) is 4.98 Å². The van der Waals surface area contributed by atoms with Gasteiger partial charge < -0.3 is 26.2 Å². The highest BCUT2D eigenvalue weighted by molar-refractivity contribution is 5.94. The van der Waals surface area contributed by atoms with Crippen molar-refractivity contribution in [2.75, 3.05) is 12.3 Å². The Kier molecular flexibility index (Phi) is 11.3. The zero-order valence-corrected chi connectivity index (χ0v) is 17.6. The van der Waals surface area contributed by atoms with Gasteiger partial charge in [-0.3, -0.25) is 24.2 Å². The molecular formula is C21H27N5O6. The fourth-order valence-corrected chi connectivity index (χ4v) is 2.90. The Morgan fingerprint density at radius 2 is 1.78 bits per heavy atom. The summed E-state index contributed by atoms with van der Waals surface area (Å²) in [6, 6.07) is 7.57. The highest BCUT2D eigenvalue weighted by atomic mass is 16.3. The van der Waals surface area contributed by atoms with E-state index in [2.05, 4.69) is 27.2 Å². The van der Waals surface area contributed by atoms with Gasteiger partial charge in [-0.15, -0.1) is 0 Å². The zero-order chi connectivity index (χ0) is 23.9. The minimum Gasteiger partial charge on any atom is -0.483 e. The van der Waals surface area contributed by atoms with Gasteiger partial charge in [0.05, 0.1) is 5.39 Å². The molecule has 32 heavy (non-hydrogen) atoms. The summed E-state index contributed by atoms with van der Waals surface area (Å²) in [7, 11) is 0. The van der Waals surface area contributed by atoms with Crippen LogP contribution in [-0.4, -0.2) is 50.6 Å². The van der Waals surface area contributed by atoms with Crippen LogP contribution in [0, 0.1) is 0 Å². The summed E-state index contributed by atoms with van der Waals surface area (Å²) < 4.78 is 0. The monoisotopic (exact) mass is 445 g/mol. The third-order valence-corrected chi connectivity index (χ3v) is 4.36. The highest BCUT2D eigenvalue weighted by Gasteiger charge is 2.10. The van der Waals surface area contributed by atoms with Crippen molar-refractivity contribution in [3.8, 4) is 0 Å². The van der Waals surface area contributed by atoms with Crippen LogP contribution in [0.5, 0.6) is 0 Å². The highest BCUT2D eigenvalue weighted by Crippen LogP contribution is 2.16. The number of nitrogen functional groups attached to an aromatic ring is 1. The fraction of sp³-hybridized carbons (Fsp3) is 0.286. The third-order valence-electron chi connectivity index (χ3n) is 4.36. The molecule has 0 saturated heterocycles. The van der Waals surface area contributed by atoms with E-state index in [4.69, 9.17) is 25.5 Å². The van der Waals surface area contributed by atoms with Crippen molar-refractivity contribution < 1.29 is 24.6 Å². The number of nitrogens with zero attached hydrogens (tertiary/aromatic N) is 1. The van der Waals surface area contributed by atoms with Gasteiger partial charge in [0.1, 0.15) is 5.65 Å². The van der Waals surface area contributed by atoms with Gasteiger partial charge in [-0.1, -0.05) is 25.5 Å². The summed E-state index contributed by atoms with van der Waals surface area (Å²) in [5.41, 5.74) is 8.48. The number of benzene rings is 1. The van der Waals surface area contributed by atoms with Crippen LogP contribution in [0.1, 0.15) is 41.3 Å². The SMILES string of the molecule is CCCCNC(=O)c1ccc(CCc2c[nH]c3nc(N)[nH]c(=O)c23)cc1.O=CO.O=CO. The molecular weight excluding hydrogens is 418 g/mol. The van der Waals surface area contributed by atoms with Crippen molar-refractivity contribution >= 4 is 35.8 Å². The number of carbonyl (C=O) groups excluding carboxylic acids is 1. The maximum atomic E-state index is 12.1. The summed E-state index contributed by atoms with van der Waals surface area (Å²) in [4.78, 5) is 50.4. The summed E-state index contributed by atoms with van der Waals surface area (Å²) in [5, 5.41) is 17.2. The number of amides is 1. The number of carbonyl (C=O) groups is 3. The molecule has 0 fully saturated rings. The first kappa shape index (κ1) is 25.9. The molecule has 0 spiro atoms. The summed E-state index contributed by atoms with van der Waals surface area (Å²) in [6.07, 6.45) is 5.28. The van der Waals surface area contributed by atoms with E-state index >= 15 is 0 Å². The molecule has 7 N–H and O–H groups in total. The van der Waals surface area contributed by atoms with Crippen LogP contribution >= 0.6 is 0 Å². The molecule has 0 aliphatic heterocycles. The maximum absolute atomic E-state index is 12.1. The van der Waals surface area contributed by atoms with Gasteiger partial charge >= 0.3 is 0 Å². The van der Waals surface area contributed by atoms with Crippen LogP contribution in [0.25, 0.3) is 11.0 Å². The quantitative estimate of drug-likeness (QED) is 0.233. The van der Waals surface area contributed by atoms with E-state index < -0.39 is 0 Å². The molecule has 2 heterocycles. The fourth-order valence-electron chi connectivity index (χ4n) is 2.90. The number of hydrogen-bond acceptors (Lipinski definition) is 6. The predicted octanol–water partition coefficient (Wildman–Crippen LogP) is 1.55. The second kappa shape index (κ2) is 14.0. The van der Waals surface area contributed by atoms with Crippen LogP contribution in [0.2, 0.25) is 0 Å². The Morgan fingerprint density at radius 1 is 1.16 bits per heavy atom. The van der Waals surface area contributed by atoms with Gasteiger partial charge in [0.25, 0.3) is 24.4 Å². The Morgan fingerprint density at radius 3 is 2.38 bits per heavy atom. The van der Waals surface area contributed by atoms with E-state index in [0.717, 1.165) is 30.4 Å². The Balaban J connectivity index is 0.000000769. The topological polar surface area (TPSA) is 191 Å². The molecule has 0 atom stereocenters. The van der Waals surface area contributed by atoms with Gasteiger partial charge in [0.2, 0.25) is 5.95 Å². The van der Waals surface area contributed by atoms with Gasteiger partial charge in [0.15, 0.2) is 0 Å². The minimum absolute atomic E-state index is 0.0446. The molecule has 172 valence electrons. The van der Waals surface area contributed by atoms with Crippen molar-refractivity contribution in [1.82, 2.24) is 20.3 Å². The number of nitrogens with one attached hydrogen (secondary N) is 3. The Hall–Kier alpha value is -4.15. The molecule has 0 unspecified atom stereocenters. The lowest BCUT2D eigenvalue weighted by Gasteiger charge is -2.06. The lowest BCUT2D eigenvalue weighted by Crippen LogP contribution is -2.24. The molecule has 11 heteroatoms. The Bertz CT molecular complexity index is 1050. The smallest absolute Gasteiger partial charge is 0.290 e. The normalized spacial score (nSPS) is 9.66. The second-order valence-corrected chi connectivity index (χ2v) is 6.51. The average Bonchev–Trinajstić information content (AvgIpc) is 3.17. The number of hydrogen-bond donors (Lipinski definition) is 6. The lowest BCUT2D eigenvalue weighted by molar-refractivity contribution is -0.123. The molecule has 2 aromatic heterocycles. The standard InChI is InChI=1S/C19H23N5O2.2CH2O2/c1-2-3-10-21-17(25)13-7-4-12(5-8-13)6-9-14-11-22-16-15(14)18(26)24-19(20)23-16;2*2-1-3/h4-5,7-8,11H,2-3,6,9-10H2,1H3,(H,21,25)(H4,20,22,23,24,26);2*1H,(H,2,3). The first-order chi connectivity index (χ1) is 15.4. The number of aromatic nitrogens is 3. The van der Waals surface area contributed by atoms with E-state index in [9.17, 15) is 9.59 Å². The van der Waals surface area contributed by atoms with Crippen molar-refractivity contribution in [2.24, 2.45) is 0 Å². The number of carboxylic acid groups (broad SMARTS) is 2. The molecule has 3 rings (SSSR count). The number of aromatic amines is 2. The van der Waals surface area contributed by atoms with E-state index in [1.165, 1.54) is 0 Å². The van der Waals surface area contributed by atoms with E-state index in [1.54, 1.807) is 6.20 Å². The first-order valence-electron chi connectivity index (χ1n) is 9.80. The van der Waals surface area contributed by atoms with Crippen LogP contribution in [0.3, 0.4) is 0 Å². The van der Waals surface area contributed by atoms with Gasteiger partial charge in [0, 0.05) is 18.3 Å². The molecule has 0 bridgehead atoms. The minimum atomic E-state index is -0.250. The molecule has 0 aliphatic carbocycles. The molecule has 11 nitrogen and oxygen atoms in total. The number of anilines is 1. The molecule has 1 aromatic carbocycles. The molecule has 3 aromatic rings. The van der Waals surface area contributed by atoms with E-state index in [0.29, 0.717) is 29.6 Å². The predicted molar refractivity (Wildman–Crippen MR) is 120 cm³/mol. The number of rotatable bonds is 7. The van der Waals surface area contributed by atoms with E-state index in [1.807, 2.05) is 24.3 Å². The number of fused-ring (bicyclic) bond motifs is 1. The number of nitrogens with two attached hydrogens (primary N) is 1. The number of unbranched alkanes of at least 4 members (excludes halogenated alkanes) is 1. The van der Waals surface area contributed by atoms with Crippen LogP contribution in [0.4, 0.5) is 5.95 Å². The maximum Gasteiger partial charge on any atom is 0.290 e. The first-order valence-corrected chi connectivity index (χ1v) is 9.80. The van der Waals surface area contributed by atoms with Crippen molar-refractivity contribution in [3.63, 3.8) is 0 Å². The third kappa shape index (κ3) is 7.94. The van der Waals surface area contributed by atoms with Crippen LogP contribution in [0.15, 0.2) is 35.3 Å². The van der Waals surface area contributed by atoms with Crippen molar-refractivity contribution in [1.29, 1.82) is 0 Å². The van der Waals surface area contributed by atoms with Crippen LogP contribution < -0.4 is 16.6 Å². The van der Waals surface area contributed by atoms with Gasteiger partial charge in [-0.05, 0) is 42.5 Å². The largest absolute Gasteiger partial charge is 0.483 e. The zero-order valence-electron chi connectivity index (χ0n) is 17.6. The Labute approximate surface area is 183 Å². The van der Waals surface area contributed by atoms with Crippen molar-refractivity contribution in [2.45, 2.75) is 32.6 Å². The molecule has 0 saturated carbocycles. The summed E-state index contributed by atoms with van der Waals surface area (Å²) in [5.74, 6) is 0.0560. The van der Waals surface area contributed by atoms with Gasteiger partial charge in [-0.25, -0.2) is 0 Å². The second-order valence-electron chi connectivity index (χ2n) is 6.51. The average molecular weight is 445 g/mol. The number of H-pyrrole nitrogens is 2. The summed E-state index contributed by atoms with van der Waals surface area (Å²) in [6.45, 7) is 2.29. The van der Waals surface area contributed by atoms with Crippen LogP contribution in [-0.2, 0) is 22.4 Å². The molecule has 0 aliphatic rings.